The molecule has 0 spiro atoms. The van der Waals surface area contributed by atoms with E-state index in [9.17, 15) is 5.26 Å². The Morgan fingerprint density at radius 3 is 2.41 bits per heavy atom. The lowest BCUT2D eigenvalue weighted by Crippen LogP contribution is -2.20. The molecule has 0 aliphatic heterocycles. The number of benzene rings is 1. The second-order valence-corrected chi connectivity index (χ2v) is 8.41. The van der Waals surface area contributed by atoms with Gasteiger partial charge in [-0.05, 0) is 29.0 Å². The van der Waals surface area contributed by atoms with Crippen molar-refractivity contribution in [2.45, 2.75) is 6.10 Å². The van der Waals surface area contributed by atoms with Crippen LogP contribution in [0.5, 0.6) is 5.88 Å². The molecule has 0 saturated heterocycles. The molecule has 0 bridgehead atoms. The number of rotatable bonds is 7. The van der Waals surface area contributed by atoms with E-state index in [0.29, 0.717) is 11.3 Å². The monoisotopic (exact) mass is 458 g/mol. The first-order valence-electron chi connectivity index (χ1n) is 9.61. The third-order valence-corrected chi connectivity index (χ3v) is 6.36. The summed E-state index contributed by atoms with van der Waals surface area (Å²) in [5.74, 6) is 0.284. The maximum absolute atomic E-state index is 10.0. The maximum Gasteiger partial charge on any atom is 0.234 e. The molecule has 1 unspecified atom stereocenters. The van der Waals surface area contributed by atoms with Gasteiger partial charge in [-0.25, -0.2) is 10.5 Å². The lowest BCUT2D eigenvalue weighted by atomic mass is 10.1. The number of amidine groups is 1. The second kappa shape index (κ2) is 9.96. The Morgan fingerprint density at radius 2 is 1.81 bits per heavy atom. The molecule has 32 heavy (non-hydrogen) atoms. The summed E-state index contributed by atoms with van der Waals surface area (Å²) >= 11 is 3.10. The van der Waals surface area contributed by atoms with Gasteiger partial charge < -0.3 is 10.2 Å². The Labute approximate surface area is 193 Å². The highest BCUT2D eigenvalue weighted by atomic mass is 32.1. The van der Waals surface area contributed by atoms with E-state index in [1.165, 1.54) is 0 Å². The van der Waals surface area contributed by atoms with Crippen LogP contribution >= 0.6 is 22.7 Å². The van der Waals surface area contributed by atoms with E-state index in [-0.39, 0.29) is 11.7 Å². The minimum atomic E-state index is -0.824. The Kier molecular flexibility index (Phi) is 6.65. The Morgan fingerprint density at radius 1 is 1.09 bits per heavy atom. The molecule has 4 rings (SSSR count). The van der Waals surface area contributed by atoms with Crippen LogP contribution < -0.4 is 10.2 Å². The van der Waals surface area contributed by atoms with Crippen LogP contribution in [0.4, 0.5) is 0 Å². The van der Waals surface area contributed by atoms with Gasteiger partial charge in [-0.15, -0.1) is 27.8 Å². The van der Waals surface area contributed by atoms with Crippen LogP contribution in [-0.4, -0.2) is 17.9 Å². The van der Waals surface area contributed by atoms with Crippen LogP contribution in [0.2, 0.25) is 0 Å². The highest BCUT2D eigenvalue weighted by Gasteiger charge is 2.25. The van der Waals surface area contributed by atoms with Gasteiger partial charge in [-0.1, -0.05) is 42.5 Å². The van der Waals surface area contributed by atoms with Crippen LogP contribution in [0.15, 0.2) is 81.6 Å². The molecule has 7 nitrogen and oxygen atoms in total. The van der Waals surface area contributed by atoms with E-state index < -0.39 is 6.10 Å². The first-order valence-corrected chi connectivity index (χ1v) is 11.4. The largest absolute Gasteiger partial charge is 0.460 e. The SMILES string of the molecule is CN/N=C(\N=N)C(Oc1nc(-c2cccs2)cc(-c2cccs2)c1C#N)c1ccccc1. The van der Waals surface area contributed by atoms with Crippen molar-refractivity contribution in [3.8, 4) is 33.0 Å². The summed E-state index contributed by atoms with van der Waals surface area (Å²) in [5.41, 5.74) is 12.8. The number of pyridine rings is 1. The summed E-state index contributed by atoms with van der Waals surface area (Å²) in [7, 11) is 1.62. The number of thiophene rings is 2. The minimum absolute atomic E-state index is 0.114. The Hall–Kier alpha value is -3.87. The van der Waals surface area contributed by atoms with Gasteiger partial charge in [0.1, 0.15) is 11.6 Å². The van der Waals surface area contributed by atoms with Gasteiger partial charge in [0.25, 0.3) is 0 Å². The van der Waals surface area contributed by atoms with Gasteiger partial charge in [0.05, 0.1) is 10.6 Å². The topological polar surface area (TPSA) is 107 Å². The average Bonchev–Trinajstić information content (AvgIpc) is 3.56. The van der Waals surface area contributed by atoms with Crippen molar-refractivity contribution in [3.05, 3.63) is 82.6 Å². The zero-order chi connectivity index (χ0) is 22.3. The summed E-state index contributed by atoms with van der Waals surface area (Å²) in [5, 5.41) is 21.6. The first kappa shape index (κ1) is 21.4. The lowest BCUT2D eigenvalue weighted by molar-refractivity contribution is 0.259. The fraction of sp³-hybridized carbons (Fsp3) is 0.0870. The van der Waals surface area contributed by atoms with Crippen molar-refractivity contribution >= 4 is 28.5 Å². The standard InChI is InChI=1S/C23H18N6OS2/c1-26-29-22(28-25)21(15-7-3-2-4-8-15)30-23-17(14-24)16(19-9-5-11-31-19)13-18(27-23)20-10-6-12-32-20/h2-13,21,25-26H,1H3/b28-25?,29-22-. The van der Waals surface area contributed by atoms with Crippen LogP contribution in [0.3, 0.4) is 0 Å². The van der Waals surface area contributed by atoms with E-state index >= 15 is 0 Å². The van der Waals surface area contributed by atoms with E-state index in [4.69, 9.17) is 15.3 Å². The van der Waals surface area contributed by atoms with Crippen molar-refractivity contribution in [2.75, 3.05) is 7.05 Å². The van der Waals surface area contributed by atoms with Crippen LogP contribution in [0.1, 0.15) is 17.2 Å². The smallest absolute Gasteiger partial charge is 0.234 e. The minimum Gasteiger partial charge on any atom is -0.460 e. The van der Waals surface area contributed by atoms with Gasteiger partial charge in [0, 0.05) is 23.1 Å². The molecular formula is C23H18N6OS2. The number of hydrogen-bond acceptors (Lipinski definition) is 8. The number of nitrogens with one attached hydrogen (secondary N) is 2. The lowest BCUT2D eigenvalue weighted by Gasteiger charge is -2.20. The summed E-state index contributed by atoms with van der Waals surface area (Å²) in [4.78, 5) is 6.59. The number of nitrogens with zero attached hydrogens (tertiary/aromatic N) is 4. The summed E-state index contributed by atoms with van der Waals surface area (Å²) in [6.07, 6.45) is -0.824. The molecule has 0 radical (unpaired) electrons. The third kappa shape index (κ3) is 4.42. The van der Waals surface area contributed by atoms with Gasteiger partial charge in [-0.3, -0.25) is 0 Å². The number of nitriles is 1. The fourth-order valence-corrected chi connectivity index (χ4v) is 4.59. The molecule has 4 aromatic rings. The van der Waals surface area contributed by atoms with E-state index in [1.807, 2.05) is 71.4 Å². The summed E-state index contributed by atoms with van der Waals surface area (Å²) in [6.45, 7) is 0. The molecule has 3 aromatic heterocycles. The van der Waals surface area contributed by atoms with Crippen molar-refractivity contribution in [1.29, 1.82) is 10.8 Å². The Bertz CT molecular complexity index is 1260. The number of hydrogen-bond donors (Lipinski definition) is 2. The number of ether oxygens (including phenoxy) is 1. The molecule has 158 valence electrons. The van der Waals surface area contributed by atoms with Crippen molar-refractivity contribution < 1.29 is 4.74 Å². The van der Waals surface area contributed by atoms with Crippen molar-refractivity contribution in [1.82, 2.24) is 10.4 Å². The maximum atomic E-state index is 10.0. The van der Waals surface area contributed by atoms with Crippen molar-refractivity contribution in [3.63, 3.8) is 0 Å². The summed E-state index contributed by atoms with van der Waals surface area (Å²) < 4.78 is 6.30. The Balaban J connectivity index is 1.90. The van der Waals surface area contributed by atoms with Crippen LogP contribution in [0, 0.1) is 16.9 Å². The molecule has 0 fully saturated rings. The molecule has 3 heterocycles. The zero-order valence-electron chi connectivity index (χ0n) is 17.0. The quantitative estimate of drug-likeness (QED) is 0.151. The molecule has 0 amide bonds. The predicted octanol–water partition coefficient (Wildman–Crippen LogP) is 6.09. The van der Waals surface area contributed by atoms with Gasteiger partial charge in [0.2, 0.25) is 11.7 Å². The van der Waals surface area contributed by atoms with E-state index in [0.717, 1.165) is 20.9 Å². The fourth-order valence-electron chi connectivity index (χ4n) is 3.16. The molecule has 2 N–H and O–H groups in total. The number of aromatic nitrogens is 1. The van der Waals surface area contributed by atoms with Gasteiger partial charge in [0.15, 0.2) is 6.10 Å². The molecule has 0 aliphatic rings. The number of hydrazone groups is 1. The summed E-state index contributed by atoms with van der Waals surface area (Å²) in [6, 6.07) is 21.3. The van der Waals surface area contributed by atoms with Gasteiger partial charge >= 0.3 is 0 Å². The zero-order valence-corrected chi connectivity index (χ0v) is 18.7. The molecule has 1 atom stereocenters. The molecule has 1 aromatic carbocycles. The highest BCUT2D eigenvalue weighted by Crippen LogP contribution is 2.38. The normalized spacial score (nSPS) is 12.1. The molecule has 0 saturated carbocycles. The predicted molar refractivity (Wildman–Crippen MR) is 127 cm³/mol. The first-order chi connectivity index (χ1) is 15.7. The van der Waals surface area contributed by atoms with Gasteiger partial charge in [-0.2, -0.15) is 10.4 Å². The van der Waals surface area contributed by atoms with Crippen LogP contribution in [-0.2, 0) is 0 Å². The van der Waals surface area contributed by atoms with E-state index in [1.54, 1.807) is 29.7 Å². The molecular weight excluding hydrogens is 440 g/mol. The molecule has 9 heteroatoms. The van der Waals surface area contributed by atoms with Crippen LogP contribution in [0.25, 0.3) is 21.0 Å². The molecule has 0 aliphatic carbocycles. The van der Waals surface area contributed by atoms with Crippen molar-refractivity contribution in [2.24, 2.45) is 10.2 Å². The third-order valence-electron chi connectivity index (χ3n) is 4.57. The highest BCUT2D eigenvalue weighted by molar-refractivity contribution is 7.14. The van der Waals surface area contributed by atoms with E-state index in [2.05, 4.69) is 21.7 Å². The average molecular weight is 459 g/mol. The second-order valence-electron chi connectivity index (χ2n) is 6.52.